The molecule has 98 valence electrons. The fourth-order valence-corrected chi connectivity index (χ4v) is 1.77. The summed E-state index contributed by atoms with van der Waals surface area (Å²) >= 11 is 0. The van der Waals surface area contributed by atoms with Crippen LogP contribution in [0.2, 0.25) is 0 Å². The maximum atomic E-state index is 12.8. The molecule has 1 unspecified atom stereocenters. The first-order valence-electron chi connectivity index (χ1n) is 5.92. The monoisotopic (exact) mass is 259 g/mol. The second-order valence-electron chi connectivity index (χ2n) is 4.26. The minimum absolute atomic E-state index is 0.0636. The van der Waals surface area contributed by atoms with Gasteiger partial charge in [0, 0.05) is 0 Å². The van der Waals surface area contributed by atoms with Crippen molar-refractivity contribution in [3.05, 3.63) is 65.5 Å². The van der Waals surface area contributed by atoms with Crippen LogP contribution in [0.3, 0.4) is 0 Å². The summed E-state index contributed by atoms with van der Waals surface area (Å²) in [4.78, 5) is 12.0. The van der Waals surface area contributed by atoms with Gasteiger partial charge in [0.25, 0.3) is 5.91 Å². The van der Waals surface area contributed by atoms with E-state index >= 15 is 0 Å². The largest absolute Gasteiger partial charge is 0.507 e. The molecule has 0 aliphatic carbocycles. The molecule has 1 amide bonds. The quantitative estimate of drug-likeness (QED) is 0.890. The standard InChI is InChI=1S/C15H14FNO2/c1-10(11-6-8-12(16)9-7-11)17-15(19)13-4-2-3-5-14(13)18/h2-10,18H,1H3,(H,17,19). The van der Waals surface area contributed by atoms with Crippen LogP contribution < -0.4 is 5.32 Å². The lowest BCUT2D eigenvalue weighted by Crippen LogP contribution is -2.26. The highest BCUT2D eigenvalue weighted by atomic mass is 19.1. The number of carbonyl (C=O) groups excluding carboxylic acids is 1. The third-order valence-corrected chi connectivity index (χ3v) is 2.87. The Morgan fingerprint density at radius 1 is 1.16 bits per heavy atom. The molecule has 0 saturated heterocycles. The number of nitrogens with one attached hydrogen (secondary N) is 1. The van der Waals surface area contributed by atoms with E-state index in [-0.39, 0.29) is 29.1 Å². The van der Waals surface area contributed by atoms with Crippen LogP contribution in [0.5, 0.6) is 5.75 Å². The number of hydrogen-bond acceptors (Lipinski definition) is 2. The lowest BCUT2D eigenvalue weighted by molar-refractivity contribution is 0.0937. The molecule has 2 rings (SSSR count). The topological polar surface area (TPSA) is 49.3 Å². The molecule has 0 spiro atoms. The number of phenolic OH excluding ortho intramolecular Hbond substituents is 1. The summed E-state index contributed by atoms with van der Waals surface area (Å²) in [5.74, 6) is -0.746. The molecular formula is C15H14FNO2. The Hall–Kier alpha value is -2.36. The Bertz CT molecular complexity index is 581. The molecule has 0 aliphatic rings. The number of para-hydroxylation sites is 1. The van der Waals surface area contributed by atoms with Crippen LogP contribution in [0.4, 0.5) is 4.39 Å². The summed E-state index contributed by atoms with van der Waals surface area (Å²) in [6.07, 6.45) is 0. The predicted molar refractivity (Wildman–Crippen MR) is 70.4 cm³/mol. The molecule has 3 nitrogen and oxygen atoms in total. The van der Waals surface area contributed by atoms with Crippen LogP contribution in [0.25, 0.3) is 0 Å². The molecule has 1 atom stereocenters. The zero-order chi connectivity index (χ0) is 13.8. The zero-order valence-corrected chi connectivity index (χ0v) is 10.4. The Morgan fingerprint density at radius 2 is 1.79 bits per heavy atom. The number of benzene rings is 2. The van der Waals surface area contributed by atoms with E-state index < -0.39 is 0 Å². The number of carbonyl (C=O) groups is 1. The number of rotatable bonds is 3. The fourth-order valence-electron chi connectivity index (χ4n) is 1.77. The molecule has 0 aromatic heterocycles. The SMILES string of the molecule is CC(NC(=O)c1ccccc1O)c1ccc(F)cc1. The van der Waals surface area contributed by atoms with E-state index in [2.05, 4.69) is 5.32 Å². The highest BCUT2D eigenvalue weighted by Crippen LogP contribution is 2.18. The van der Waals surface area contributed by atoms with Gasteiger partial charge in [-0.15, -0.1) is 0 Å². The second kappa shape index (κ2) is 5.52. The summed E-state index contributed by atoms with van der Waals surface area (Å²) in [6, 6.07) is 12.0. The summed E-state index contributed by atoms with van der Waals surface area (Å²) in [6.45, 7) is 1.80. The third kappa shape index (κ3) is 3.10. The Labute approximate surface area is 110 Å². The van der Waals surface area contributed by atoms with Crippen molar-refractivity contribution in [1.29, 1.82) is 0 Å². The summed E-state index contributed by atoms with van der Waals surface area (Å²) < 4.78 is 12.8. The normalized spacial score (nSPS) is 11.9. The van der Waals surface area contributed by atoms with Gasteiger partial charge in [-0.1, -0.05) is 24.3 Å². The number of phenols is 1. The van der Waals surface area contributed by atoms with Crippen molar-refractivity contribution in [3.63, 3.8) is 0 Å². The first-order valence-corrected chi connectivity index (χ1v) is 5.92. The maximum absolute atomic E-state index is 12.8. The predicted octanol–water partition coefficient (Wildman–Crippen LogP) is 3.02. The van der Waals surface area contributed by atoms with Gasteiger partial charge < -0.3 is 10.4 Å². The molecule has 4 heteroatoms. The van der Waals surface area contributed by atoms with E-state index in [4.69, 9.17) is 0 Å². The lowest BCUT2D eigenvalue weighted by Gasteiger charge is -2.14. The van der Waals surface area contributed by atoms with Gasteiger partial charge >= 0.3 is 0 Å². The van der Waals surface area contributed by atoms with E-state index in [9.17, 15) is 14.3 Å². The molecule has 0 saturated carbocycles. The molecule has 2 aromatic rings. The lowest BCUT2D eigenvalue weighted by atomic mass is 10.1. The van der Waals surface area contributed by atoms with Crippen molar-refractivity contribution in [2.45, 2.75) is 13.0 Å². The van der Waals surface area contributed by atoms with E-state index in [0.717, 1.165) is 5.56 Å². The minimum Gasteiger partial charge on any atom is -0.507 e. The van der Waals surface area contributed by atoms with Crippen molar-refractivity contribution in [3.8, 4) is 5.75 Å². The van der Waals surface area contributed by atoms with Gasteiger partial charge in [0.1, 0.15) is 11.6 Å². The van der Waals surface area contributed by atoms with Gasteiger partial charge in [-0.2, -0.15) is 0 Å². The number of amides is 1. The van der Waals surface area contributed by atoms with Crippen molar-refractivity contribution < 1.29 is 14.3 Å². The summed E-state index contributed by atoms with van der Waals surface area (Å²) in [5, 5.41) is 12.3. The molecule has 0 fully saturated rings. The molecule has 19 heavy (non-hydrogen) atoms. The van der Waals surface area contributed by atoms with E-state index in [1.807, 2.05) is 0 Å². The van der Waals surface area contributed by atoms with Gasteiger partial charge in [0.05, 0.1) is 11.6 Å². The summed E-state index contributed by atoms with van der Waals surface area (Å²) in [5.41, 5.74) is 1.02. The maximum Gasteiger partial charge on any atom is 0.255 e. The van der Waals surface area contributed by atoms with Gasteiger partial charge in [-0.3, -0.25) is 4.79 Å². The third-order valence-electron chi connectivity index (χ3n) is 2.87. The Kier molecular flexibility index (Phi) is 3.80. The number of aromatic hydroxyl groups is 1. The van der Waals surface area contributed by atoms with Gasteiger partial charge in [0.15, 0.2) is 0 Å². The number of hydrogen-bond donors (Lipinski definition) is 2. The van der Waals surface area contributed by atoms with Crippen LogP contribution >= 0.6 is 0 Å². The first kappa shape index (κ1) is 13.1. The van der Waals surface area contributed by atoms with E-state index in [1.165, 1.54) is 18.2 Å². The highest BCUT2D eigenvalue weighted by molar-refractivity contribution is 5.96. The van der Waals surface area contributed by atoms with Crippen LogP contribution in [-0.2, 0) is 0 Å². The van der Waals surface area contributed by atoms with Gasteiger partial charge in [-0.05, 0) is 36.8 Å². The first-order chi connectivity index (χ1) is 9.08. The molecule has 2 N–H and O–H groups in total. The van der Waals surface area contributed by atoms with Crippen LogP contribution in [0.15, 0.2) is 48.5 Å². The fraction of sp³-hybridized carbons (Fsp3) is 0.133. The smallest absolute Gasteiger partial charge is 0.255 e. The van der Waals surface area contributed by atoms with Crippen molar-refractivity contribution in [2.75, 3.05) is 0 Å². The van der Waals surface area contributed by atoms with Crippen molar-refractivity contribution >= 4 is 5.91 Å². The van der Waals surface area contributed by atoms with Crippen LogP contribution in [0.1, 0.15) is 28.9 Å². The van der Waals surface area contributed by atoms with Crippen LogP contribution in [0, 0.1) is 5.82 Å². The van der Waals surface area contributed by atoms with E-state index in [1.54, 1.807) is 37.3 Å². The molecule has 2 aromatic carbocycles. The summed E-state index contributed by atoms with van der Waals surface area (Å²) in [7, 11) is 0. The van der Waals surface area contributed by atoms with Gasteiger partial charge in [-0.25, -0.2) is 4.39 Å². The zero-order valence-electron chi connectivity index (χ0n) is 10.4. The average Bonchev–Trinajstić information content (AvgIpc) is 2.39. The van der Waals surface area contributed by atoms with Crippen LogP contribution in [-0.4, -0.2) is 11.0 Å². The van der Waals surface area contributed by atoms with Crippen molar-refractivity contribution in [2.24, 2.45) is 0 Å². The second-order valence-corrected chi connectivity index (χ2v) is 4.26. The highest BCUT2D eigenvalue weighted by Gasteiger charge is 2.14. The molecular weight excluding hydrogens is 245 g/mol. The van der Waals surface area contributed by atoms with E-state index in [0.29, 0.717) is 0 Å². The Balaban J connectivity index is 2.11. The average molecular weight is 259 g/mol. The van der Waals surface area contributed by atoms with Gasteiger partial charge in [0.2, 0.25) is 0 Å². The number of halogens is 1. The Morgan fingerprint density at radius 3 is 2.42 bits per heavy atom. The molecule has 0 aliphatic heterocycles. The molecule has 0 bridgehead atoms. The molecule has 0 heterocycles. The molecule has 0 radical (unpaired) electrons. The minimum atomic E-state index is -0.366. The van der Waals surface area contributed by atoms with Crippen molar-refractivity contribution in [1.82, 2.24) is 5.32 Å².